The maximum Gasteiger partial charge on any atom is 0.328 e. The Kier molecular flexibility index (Phi) is 4.45. The highest BCUT2D eigenvalue weighted by Crippen LogP contribution is 2.31. The number of hydrogen-bond acceptors (Lipinski definition) is 4. The van der Waals surface area contributed by atoms with E-state index >= 15 is 0 Å². The van der Waals surface area contributed by atoms with Crippen LogP contribution in [-0.4, -0.2) is 48.3 Å². The summed E-state index contributed by atoms with van der Waals surface area (Å²) in [5.41, 5.74) is 2.14. The smallest absolute Gasteiger partial charge is 0.328 e. The summed E-state index contributed by atoms with van der Waals surface area (Å²) in [6, 6.07) is 7.79. The number of aromatic nitrogens is 1. The predicted molar refractivity (Wildman–Crippen MR) is 84.7 cm³/mol. The summed E-state index contributed by atoms with van der Waals surface area (Å²) in [6.45, 7) is 5.03. The zero-order valence-corrected chi connectivity index (χ0v) is 13.1. The number of rotatable bonds is 4. The van der Waals surface area contributed by atoms with Gasteiger partial charge < -0.3 is 14.0 Å². The van der Waals surface area contributed by atoms with E-state index in [1.54, 1.807) is 0 Å². The zero-order chi connectivity index (χ0) is 15.5. The lowest BCUT2D eigenvalue weighted by atomic mass is 10.0. The molecule has 0 N–H and O–H groups in total. The fourth-order valence-electron chi connectivity index (χ4n) is 3.12. The number of para-hydroxylation sites is 1. The summed E-state index contributed by atoms with van der Waals surface area (Å²) in [4.78, 5) is 14.7. The van der Waals surface area contributed by atoms with Crippen LogP contribution in [0.5, 0.6) is 0 Å². The first-order chi connectivity index (χ1) is 10.7. The third kappa shape index (κ3) is 2.74. The minimum atomic E-state index is -0.366. The van der Waals surface area contributed by atoms with Crippen molar-refractivity contribution in [1.29, 1.82) is 0 Å². The lowest BCUT2D eigenvalue weighted by Crippen LogP contribution is -2.42. The van der Waals surface area contributed by atoms with Crippen molar-refractivity contribution in [1.82, 2.24) is 9.47 Å². The van der Waals surface area contributed by atoms with Crippen LogP contribution in [0.1, 0.15) is 18.5 Å². The molecule has 1 atom stereocenters. The van der Waals surface area contributed by atoms with Crippen LogP contribution >= 0.6 is 0 Å². The van der Waals surface area contributed by atoms with Crippen LogP contribution in [0.15, 0.2) is 30.5 Å². The second-order valence-corrected chi connectivity index (χ2v) is 5.52. The van der Waals surface area contributed by atoms with Crippen molar-refractivity contribution in [3.63, 3.8) is 0 Å². The van der Waals surface area contributed by atoms with Gasteiger partial charge in [0.2, 0.25) is 0 Å². The highest BCUT2D eigenvalue weighted by molar-refractivity contribution is 5.90. The summed E-state index contributed by atoms with van der Waals surface area (Å²) in [6.07, 6.45) is 2.04. The van der Waals surface area contributed by atoms with Gasteiger partial charge in [-0.15, -0.1) is 0 Å². The van der Waals surface area contributed by atoms with E-state index in [-0.39, 0.29) is 12.0 Å². The Hall–Kier alpha value is -1.85. The number of benzene rings is 1. The number of aryl methyl sites for hydroxylation is 1. The topological polar surface area (TPSA) is 43.7 Å². The molecule has 1 saturated heterocycles. The van der Waals surface area contributed by atoms with Gasteiger partial charge in [-0.1, -0.05) is 18.2 Å². The maximum atomic E-state index is 12.6. The summed E-state index contributed by atoms with van der Waals surface area (Å²) in [7, 11) is 2.01. The van der Waals surface area contributed by atoms with Gasteiger partial charge >= 0.3 is 5.97 Å². The van der Waals surface area contributed by atoms with Crippen LogP contribution in [0.3, 0.4) is 0 Å². The average molecular weight is 302 g/mol. The Labute approximate surface area is 130 Å². The van der Waals surface area contributed by atoms with Gasteiger partial charge in [-0.25, -0.2) is 4.79 Å². The van der Waals surface area contributed by atoms with Gasteiger partial charge in [-0.05, 0) is 13.0 Å². The fourth-order valence-corrected chi connectivity index (χ4v) is 3.12. The van der Waals surface area contributed by atoms with Crippen molar-refractivity contribution in [2.75, 3.05) is 32.9 Å². The van der Waals surface area contributed by atoms with Crippen molar-refractivity contribution in [3.8, 4) is 0 Å². The van der Waals surface area contributed by atoms with E-state index in [0.717, 1.165) is 29.6 Å². The standard InChI is InChI=1S/C17H22N2O3/c1-3-22-17(20)16(19-8-10-21-11-9-19)14-12-18(2)15-7-5-4-6-13(14)15/h4-7,12,16H,3,8-11H2,1-2H3. The molecule has 1 aromatic carbocycles. The molecule has 0 bridgehead atoms. The van der Waals surface area contributed by atoms with E-state index in [0.29, 0.717) is 19.8 Å². The number of fused-ring (bicyclic) bond motifs is 1. The van der Waals surface area contributed by atoms with Crippen LogP contribution in [0, 0.1) is 0 Å². The van der Waals surface area contributed by atoms with Gasteiger partial charge in [-0.3, -0.25) is 4.90 Å². The Bertz CT molecular complexity index is 659. The van der Waals surface area contributed by atoms with Crippen molar-refractivity contribution in [2.45, 2.75) is 13.0 Å². The number of esters is 1. The molecule has 5 nitrogen and oxygen atoms in total. The summed E-state index contributed by atoms with van der Waals surface area (Å²) in [5, 5.41) is 1.11. The Morgan fingerprint density at radius 3 is 2.77 bits per heavy atom. The van der Waals surface area contributed by atoms with E-state index in [9.17, 15) is 4.79 Å². The zero-order valence-electron chi connectivity index (χ0n) is 13.1. The van der Waals surface area contributed by atoms with Crippen LogP contribution < -0.4 is 0 Å². The lowest BCUT2D eigenvalue weighted by Gasteiger charge is -2.32. The van der Waals surface area contributed by atoms with Crippen LogP contribution in [0.4, 0.5) is 0 Å². The molecule has 0 spiro atoms. The first kappa shape index (κ1) is 15.1. The van der Waals surface area contributed by atoms with Crippen molar-refractivity contribution in [2.24, 2.45) is 7.05 Å². The minimum Gasteiger partial charge on any atom is -0.465 e. The Balaban J connectivity index is 2.04. The second kappa shape index (κ2) is 6.50. The maximum absolute atomic E-state index is 12.6. The largest absolute Gasteiger partial charge is 0.465 e. The molecule has 1 aliphatic rings. The van der Waals surface area contributed by atoms with Crippen LogP contribution in [0.2, 0.25) is 0 Å². The minimum absolute atomic E-state index is 0.180. The summed E-state index contributed by atoms with van der Waals surface area (Å²) in [5.74, 6) is -0.180. The fraction of sp³-hybridized carbons (Fsp3) is 0.471. The highest BCUT2D eigenvalue weighted by atomic mass is 16.5. The quantitative estimate of drug-likeness (QED) is 0.812. The van der Waals surface area contributed by atoms with Gasteiger partial charge in [0.25, 0.3) is 0 Å². The first-order valence-corrected chi connectivity index (χ1v) is 7.74. The van der Waals surface area contributed by atoms with Gasteiger partial charge in [0.1, 0.15) is 6.04 Å². The molecule has 1 aromatic heterocycles. The van der Waals surface area contributed by atoms with Crippen LogP contribution in [-0.2, 0) is 21.3 Å². The van der Waals surface area contributed by atoms with Gasteiger partial charge in [-0.2, -0.15) is 0 Å². The molecule has 3 rings (SSSR count). The number of hydrogen-bond donors (Lipinski definition) is 0. The molecule has 0 amide bonds. The molecular weight excluding hydrogens is 280 g/mol. The number of carbonyl (C=O) groups excluding carboxylic acids is 1. The van der Waals surface area contributed by atoms with Crippen LogP contribution in [0.25, 0.3) is 10.9 Å². The number of carbonyl (C=O) groups is 1. The molecule has 1 aliphatic heterocycles. The third-order valence-electron chi connectivity index (χ3n) is 4.14. The number of nitrogens with zero attached hydrogens (tertiary/aromatic N) is 2. The number of ether oxygens (including phenoxy) is 2. The normalized spacial score (nSPS) is 17.5. The molecule has 0 aliphatic carbocycles. The Morgan fingerprint density at radius 1 is 1.32 bits per heavy atom. The van der Waals surface area contributed by atoms with E-state index in [1.165, 1.54) is 0 Å². The van der Waals surface area contributed by atoms with Crippen molar-refractivity contribution in [3.05, 3.63) is 36.0 Å². The summed E-state index contributed by atoms with van der Waals surface area (Å²) < 4.78 is 12.8. The molecule has 118 valence electrons. The van der Waals surface area contributed by atoms with E-state index < -0.39 is 0 Å². The first-order valence-electron chi connectivity index (χ1n) is 7.74. The molecule has 2 heterocycles. The molecule has 2 aromatic rings. The molecule has 0 radical (unpaired) electrons. The molecule has 22 heavy (non-hydrogen) atoms. The van der Waals surface area contributed by atoms with Crippen molar-refractivity contribution < 1.29 is 14.3 Å². The lowest BCUT2D eigenvalue weighted by molar-refractivity contribution is -0.151. The van der Waals surface area contributed by atoms with Gasteiger partial charge in [0.15, 0.2) is 0 Å². The van der Waals surface area contributed by atoms with E-state index in [4.69, 9.17) is 9.47 Å². The van der Waals surface area contributed by atoms with E-state index in [2.05, 4.69) is 21.6 Å². The third-order valence-corrected chi connectivity index (χ3v) is 4.14. The molecule has 5 heteroatoms. The van der Waals surface area contributed by atoms with Gasteiger partial charge in [0.05, 0.1) is 19.8 Å². The molecule has 1 fully saturated rings. The Morgan fingerprint density at radius 2 is 2.05 bits per heavy atom. The number of morpholine rings is 1. The molecule has 1 unspecified atom stereocenters. The second-order valence-electron chi connectivity index (χ2n) is 5.52. The predicted octanol–water partition coefficient (Wildman–Crippen LogP) is 2.11. The average Bonchev–Trinajstić information content (AvgIpc) is 2.86. The van der Waals surface area contributed by atoms with Gasteiger partial charge in [0, 0.05) is 42.8 Å². The van der Waals surface area contributed by atoms with E-state index in [1.807, 2.05) is 32.3 Å². The SMILES string of the molecule is CCOC(=O)C(c1cn(C)c2ccccc12)N1CCOCC1. The van der Waals surface area contributed by atoms with Crippen molar-refractivity contribution >= 4 is 16.9 Å². The summed E-state index contributed by atoms with van der Waals surface area (Å²) >= 11 is 0. The molecular formula is C17H22N2O3. The monoisotopic (exact) mass is 302 g/mol. The highest BCUT2D eigenvalue weighted by Gasteiger charge is 2.32. The molecule has 0 saturated carbocycles.